The highest BCUT2D eigenvalue weighted by atomic mass is 35.5. The average Bonchev–Trinajstić information content (AvgIpc) is 2.75. The lowest BCUT2D eigenvalue weighted by atomic mass is 10.1. The molecule has 0 unspecified atom stereocenters. The van der Waals surface area contributed by atoms with Crippen LogP contribution in [0, 0.1) is 5.82 Å². The molecule has 0 atom stereocenters. The van der Waals surface area contributed by atoms with Crippen LogP contribution in [0.5, 0.6) is 17.2 Å². The minimum atomic E-state index is -0.281. The largest absolute Gasteiger partial charge is 0.496 e. The zero-order chi connectivity index (χ0) is 21.3. The van der Waals surface area contributed by atoms with Gasteiger partial charge in [-0.2, -0.15) is 0 Å². The molecule has 0 aliphatic carbocycles. The van der Waals surface area contributed by atoms with Gasteiger partial charge in [0, 0.05) is 18.7 Å². The molecule has 0 aromatic heterocycles. The molecular formula is C24H26Cl2FNO3. The van der Waals surface area contributed by atoms with Crippen LogP contribution in [-0.4, -0.2) is 13.7 Å². The minimum absolute atomic E-state index is 0. The summed E-state index contributed by atoms with van der Waals surface area (Å²) in [6.07, 6.45) is 0. The Bertz CT molecular complexity index is 968. The molecule has 0 spiro atoms. The number of methoxy groups -OCH3 is 1. The van der Waals surface area contributed by atoms with Crippen LogP contribution in [0.3, 0.4) is 0 Å². The van der Waals surface area contributed by atoms with Gasteiger partial charge in [-0.05, 0) is 48.4 Å². The molecule has 3 rings (SSSR count). The average molecular weight is 466 g/mol. The van der Waals surface area contributed by atoms with Crippen molar-refractivity contribution in [1.29, 1.82) is 0 Å². The highest BCUT2D eigenvalue weighted by Gasteiger charge is 2.13. The molecule has 1 N–H and O–H groups in total. The van der Waals surface area contributed by atoms with Crippen LogP contribution in [0.2, 0.25) is 5.02 Å². The van der Waals surface area contributed by atoms with Crippen molar-refractivity contribution >= 4 is 24.0 Å². The lowest BCUT2D eigenvalue weighted by Gasteiger charge is -2.16. The number of para-hydroxylation sites is 1. The van der Waals surface area contributed by atoms with Gasteiger partial charge in [-0.15, -0.1) is 12.4 Å². The molecule has 0 aliphatic heterocycles. The monoisotopic (exact) mass is 465 g/mol. The van der Waals surface area contributed by atoms with E-state index < -0.39 is 0 Å². The van der Waals surface area contributed by atoms with E-state index in [4.69, 9.17) is 25.8 Å². The second kappa shape index (κ2) is 12.4. The molecule has 166 valence electrons. The van der Waals surface area contributed by atoms with E-state index in [-0.39, 0.29) is 24.8 Å². The first-order valence-electron chi connectivity index (χ1n) is 9.75. The molecule has 0 saturated carbocycles. The summed E-state index contributed by atoms with van der Waals surface area (Å²) in [6, 6.07) is 17.8. The lowest BCUT2D eigenvalue weighted by molar-refractivity contribution is 0.269. The van der Waals surface area contributed by atoms with Crippen molar-refractivity contribution in [3.63, 3.8) is 0 Å². The standard InChI is InChI=1S/C24H25ClFNO3.ClH/c1-3-29-23-13-18(14-27-15-19-6-4-5-7-22(19)28-2)12-21(25)24(23)30-16-17-8-10-20(26)11-9-17;/h4-13,27H,3,14-16H2,1-2H3;1H. The van der Waals surface area contributed by atoms with Gasteiger partial charge in [0.2, 0.25) is 0 Å². The number of benzene rings is 3. The lowest BCUT2D eigenvalue weighted by Crippen LogP contribution is -2.13. The fourth-order valence-electron chi connectivity index (χ4n) is 3.05. The first-order valence-corrected chi connectivity index (χ1v) is 10.1. The quantitative estimate of drug-likeness (QED) is 0.388. The normalized spacial score (nSPS) is 10.3. The van der Waals surface area contributed by atoms with Gasteiger partial charge in [0.05, 0.1) is 18.7 Å². The van der Waals surface area contributed by atoms with Crippen molar-refractivity contribution in [2.75, 3.05) is 13.7 Å². The van der Waals surface area contributed by atoms with Gasteiger partial charge in [-0.1, -0.05) is 41.9 Å². The van der Waals surface area contributed by atoms with E-state index in [1.807, 2.05) is 43.3 Å². The number of rotatable bonds is 10. The van der Waals surface area contributed by atoms with Crippen molar-refractivity contribution in [2.45, 2.75) is 26.6 Å². The SMILES string of the molecule is CCOc1cc(CNCc2ccccc2OC)cc(Cl)c1OCc1ccc(F)cc1.Cl. The summed E-state index contributed by atoms with van der Waals surface area (Å²) >= 11 is 6.49. The summed E-state index contributed by atoms with van der Waals surface area (Å²) in [4.78, 5) is 0. The van der Waals surface area contributed by atoms with Crippen LogP contribution in [-0.2, 0) is 19.7 Å². The molecule has 0 bridgehead atoms. The van der Waals surface area contributed by atoms with Crippen molar-refractivity contribution < 1.29 is 18.6 Å². The van der Waals surface area contributed by atoms with Crippen molar-refractivity contribution in [3.8, 4) is 17.2 Å². The third-order valence-electron chi connectivity index (χ3n) is 4.50. The fraction of sp³-hybridized carbons (Fsp3) is 0.250. The highest BCUT2D eigenvalue weighted by Crippen LogP contribution is 2.37. The predicted octanol–water partition coefficient (Wildman–Crippen LogP) is 6.18. The van der Waals surface area contributed by atoms with E-state index >= 15 is 0 Å². The zero-order valence-corrected chi connectivity index (χ0v) is 19.1. The Balaban J connectivity index is 0.00000341. The molecule has 3 aromatic rings. The number of hydrogen-bond donors (Lipinski definition) is 1. The van der Waals surface area contributed by atoms with Crippen molar-refractivity contribution in [2.24, 2.45) is 0 Å². The topological polar surface area (TPSA) is 39.7 Å². The second-order valence-electron chi connectivity index (χ2n) is 6.67. The van der Waals surface area contributed by atoms with Gasteiger partial charge in [0.1, 0.15) is 18.2 Å². The third kappa shape index (κ3) is 7.03. The summed E-state index contributed by atoms with van der Waals surface area (Å²) in [7, 11) is 1.66. The van der Waals surface area contributed by atoms with E-state index in [0.717, 1.165) is 22.4 Å². The van der Waals surface area contributed by atoms with Gasteiger partial charge in [-0.25, -0.2) is 4.39 Å². The maximum atomic E-state index is 13.1. The Hall–Kier alpha value is -2.47. The number of ether oxygens (including phenoxy) is 3. The van der Waals surface area contributed by atoms with E-state index in [1.165, 1.54) is 12.1 Å². The highest BCUT2D eigenvalue weighted by molar-refractivity contribution is 6.32. The van der Waals surface area contributed by atoms with Crippen LogP contribution in [0.25, 0.3) is 0 Å². The second-order valence-corrected chi connectivity index (χ2v) is 7.08. The molecule has 0 radical (unpaired) electrons. The third-order valence-corrected chi connectivity index (χ3v) is 4.78. The summed E-state index contributed by atoms with van der Waals surface area (Å²) in [5, 5.41) is 3.87. The maximum absolute atomic E-state index is 13.1. The molecular weight excluding hydrogens is 440 g/mol. The van der Waals surface area contributed by atoms with Gasteiger partial charge < -0.3 is 19.5 Å². The van der Waals surface area contributed by atoms with E-state index in [9.17, 15) is 4.39 Å². The van der Waals surface area contributed by atoms with Gasteiger partial charge in [0.25, 0.3) is 0 Å². The smallest absolute Gasteiger partial charge is 0.180 e. The molecule has 0 saturated heterocycles. The maximum Gasteiger partial charge on any atom is 0.180 e. The molecule has 4 nitrogen and oxygen atoms in total. The van der Waals surface area contributed by atoms with E-state index in [1.54, 1.807) is 19.2 Å². The van der Waals surface area contributed by atoms with Crippen LogP contribution in [0.15, 0.2) is 60.7 Å². The Labute approximate surface area is 193 Å². The van der Waals surface area contributed by atoms with Crippen LogP contribution >= 0.6 is 24.0 Å². The molecule has 0 amide bonds. The minimum Gasteiger partial charge on any atom is -0.496 e. The van der Waals surface area contributed by atoms with Crippen LogP contribution in [0.1, 0.15) is 23.6 Å². The Morgan fingerprint density at radius 2 is 1.65 bits per heavy atom. The Kier molecular flexibility index (Phi) is 9.92. The van der Waals surface area contributed by atoms with E-state index in [0.29, 0.717) is 36.2 Å². The van der Waals surface area contributed by atoms with Gasteiger partial charge in [-0.3, -0.25) is 0 Å². The zero-order valence-electron chi connectivity index (χ0n) is 17.5. The van der Waals surface area contributed by atoms with Gasteiger partial charge in [0.15, 0.2) is 11.5 Å². The van der Waals surface area contributed by atoms with Crippen molar-refractivity contribution in [3.05, 3.63) is 88.2 Å². The number of nitrogens with one attached hydrogen (secondary N) is 1. The van der Waals surface area contributed by atoms with Crippen LogP contribution in [0.4, 0.5) is 4.39 Å². The summed E-state index contributed by atoms with van der Waals surface area (Å²) in [5.41, 5.74) is 2.90. The molecule has 7 heteroatoms. The number of halogens is 3. The summed E-state index contributed by atoms with van der Waals surface area (Å²) in [6.45, 7) is 3.93. The first-order chi connectivity index (χ1) is 14.6. The predicted molar refractivity (Wildman–Crippen MR) is 124 cm³/mol. The molecule has 3 aromatic carbocycles. The Morgan fingerprint density at radius 1 is 0.903 bits per heavy atom. The van der Waals surface area contributed by atoms with Gasteiger partial charge >= 0.3 is 0 Å². The molecule has 0 fully saturated rings. The summed E-state index contributed by atoms with van der Waals surface area (Å²) < 4.78 is 30.1. The summed E-state index contributed by atoms with van der Waals surface area (Å²) in [5.74, 6) is 1.64. The first kappa shape index (κ1) is 24.8. The molecule has 31 heavy (non-hydrogen) atoms. The fourth-order valence-corrected chi connectivity index (χ4v) is 3.34. The van der Waals surface area contributed by atoms with Crippen LogP contribution < -0.4 is 19.5 Å². The Morgan fingerprint density at radius 3 is 2.35 bits per heavy atom. The van der Waals surface area contributed by atoms with Crippen molar-refractivity contribution in [1.82, 2.24) is 5.32 Å². The van der Waals surface area contributed by atoms with E-state index in [2.05, 4.69) is 5.32 Å². The molecule has 0 heterocycles. The number of hydrogen-bond acceptors (Lipinski definition) is 4. The molecule has 0 aliphatic rings.